The minimum atomic E-state index is -5.88. The summed E-state index contributed by atoms with van der Waals surface area (Å²) in [5, 5.41) is 0. The topological polar surface area (TPSA) is 75.5 Å². The number of nitrogens with one attached hydrogen (secondary N) is 1. The normalized spacial score (nSPS) is 26.8. The van der Waals surface area contributed by atoms with Crippen LogP contribution in [0, 0.1) is 0 Å². The number of para-hydroxylation sites is 1. The van der Waals surface area contributed by atoms with E-state index in [0.29, 0.717) is 26.3 Å². The van der Waals surface area contributed by atoms with Gasteiger partial charge in [-0.1, -0.05) is 12.1 Å². The van der Waals surface area contributed by atoms with E-state index in [2.05, 4.69) is 4.18 Å². The fourth-order valence-electron chi connectivity index (χ4n) is 3.52. The molecule has 3 rings (SSSR count). The predicted molar refractivity (Wildman–Crippen MR) is 85.8 cm³/mol. The lowest BCUT2D eigenvalue weighted by molar-refractivity contribution is -0.825. The lowest BCUT2D eigenvalue weighted by Crippen LogP contribution is -3.28. The van der Waals surface area contributed by atoms with Crippen LogP contribution < -0.4 is 19.2 Å². The minimum absolute atomic E-state index is 0.117. The maximum atomic E-state index is 12.8. The molecule has 7 nitrogen and oxygen atoms in total. The van der Waals surface area contributed by atoms with Crippen LogP contribution in [0.1, 0.15) is 12.8 Å². The van der Waals surface area contributed by atoms with Crippen molar-refractivity contribution in [3.8, 4) is 11.5 Å². The number of quaternary nitrogens is 1. The zero-order valence-corrected chi connectivity index (χ0v) is 14.9. The summed E-state index contributed by atoms with van der Waals surface area (Å²) in [5.41, 5.74) is -5.45. The molecule has 0 amide bonds. The Kier molecular flexibility index (Phi) is 5.12. The molecule has 2 fully saturated rings. The molecule has 0 aliphatic carbocycles. The second-order valence-corrected chi connectivity index (χ2v) is 7.72. The van der Waals surface area contributed by atoms with Crippen LogP contribution in [0.4, 0.5) is 13.2 Å². The van der Waals surface area contributed by atoms with Crippen LogP contribution in [-0.2, 0) is 19.4 Å². The number of fused-ring (bicyclic) bond motifs is 1. The quantitative estimate of drug-likeness (QED) is 0.431. The van der Waals surface area contributed by atoms with E-state index in [9.17, 15) is 21.6 Å². The summed E-state index contributed by atoms with van der Waals surface area (Å²) >= 11 is 0. The first-order chi connectivity index (χ1) is 12.2. The summed E-state index contributed by atoms with van der Waals surface area (Å²) in [6.07, 6.45) is 1.53. The van der Waals surface area contributed by atoms with E-state index >= 15 is 0 Å². The van der Waals surface area contributed by atoms with Gasteiger partial charge in [-0.25, -0.2) is 0 Å². The lowest BCUT2D eigenvalue weighted by Gasteiger charge is -2.52. The highest BCUT2D eigenvalue weighted by Crippen LogP contribution is 2.33. The van der Waals surface area contributed by atoms with Crippen molar-refractivity contribution in [3.05, 3.63) is 18.2 Å². The largest absolute Gasteiger partial charge is 0.534 e. The third-order valence-electron chi connectivity index (χ3n) is 4.64. The molecule has 2 saturated heterocycles. The van der Waals surface area contributed by atoms with Crippen molar-refractivity contribution in [3.63, 3.8) is 0 Å². The molecule has 146 valence electrons. The van der Waals surface area contributed by atoms with Gasteiger partial charge in [0.25, 0.3) is 0 Å². The van der Waals surface area contributed by atoms with Crippen molar-refractivity contribution in [2.75, 3.05) is 33.4 Å². The lowest BCUT2D eigenvalue weighted by atomic mass is 9.59. The molecule has 0 bridgehead atoms. The zero-order chi connectivity index (χ0) is 19.0. The van der Waals surface area contributed by atoms with Crippen LogP contribution in [0.5, 0.6) is 11.5 Å². The molecular formula is C14H19BF3NO6S. The Morgan fingerprint density at radius 1 is 1.15 bits per heavy atom. The summed E-state index contributed by atoms with van der Waals surface area (Å²) in [6.45, 7) is -0.146. The molecule has 26 heavy (non-hydrogen) atoms. The molecule has 1 N–H and O–H groups in total. The molecule has 0 atom stereocenters. The molecule has 12 heteroatoms. The second kappa shape index (κ2) is 6.91. The standard InChI is InChI=1S/C14H19BF3NO6S/c1-22-12-6-2-5-11(13(12)25-26(20,21)14(16,17)18)15-19(7-3-9-23-15)8-4-10-24-15/h2,5-6,19H,3-4,7-10H2,1H3. The number of halogens is 3. The van der Waals surface area contributed by atoms with E-state index in [1.165, 1.54) is 25.3 Å². The molecule has 2 aliphatic rings. The number of hydrogen-bond donors (Lipinski definition) is 1. The molecule has 2 heterocycles. The third kappa shape index (κ3) is 3.26. The SMILES string of the molecule is COc1cccc([B-]23OCCC[NH+]2CCCO3)c1OS(=O)(=O)C(F)(F)F. The van der Waals surface area contributed by atoms with Crippen LogP contribution in [0.2, 0.25) is 0 Å². The Bertz CT molecular complexity index is 760. The van der Waals surface area contributed by atoms with E-state index in [4.69, 9.17) is 14.0 Å². The number of alkyl halides is 3. The molecule has 1 aromatic carbocycles. The highest BCUT2D eigenvalue weighted by atomic mass is 32.2. The number of methoxy groups -OCH3 is 1. The summed E-state index contributed by atoms with van der Waals surface area (Å²) in [6, 6.07) is 4.31. The van der Waals surface area contributed by atoms with Gasteiger partial charge in [-0.05, 0) is 11.5 Å². The van der Waals surface area contributed by atoms with Gasteiger partial charge >= 0.3 is 22.3 Å². The van der Waals surface area contributed by atoms with Crippen LogP contribution in [0.25, 0.3) is 0 Å². The smallest absolute Gasteiger partial charge is 0.509 e. The van der Waals surface area contributed by atoms with Crippen LogP contribution in [-0.4, -0.2) is 54.0 Å². The van der Waals surface area contributed by atoms with Crippen molar-refractivity contribution < 1.29 is 44.6 Å². The molecule has 0 saturated carbocycles. The van der Waals surface area contributed by atoms with Crippen LogP contribution in [0.3, 0.4) is 0 Å². The molecular weight excluding hydrogens is 378 g/mol. The maximum Gasteiger partial charge on any atom is 0.534 e. The molecule has 0 unspecified atom stereocenters. The second-order valence-electron chi connectivity index (χ2n) is 6.18. The van der Waals surface area contributed by atoms with E-state index in [1.54, 1.807) is 0 Å². The zero-order valence-electron chi connectivity index (χ0n) is 14.0. The molecule has 1 aromatic rings. The van der Waals surface area contributed by atoms with Gasteiger partial charge in [0.05, 0.1) is 7.11 Å². The first-order valence-corrected chi connectivity index (χ1v) is 9.57. The van der Waals surface area contributed by atoms with Gasteiger partial charge in [-0.15, -0.1) is 0 Å². The van der Waals surface area contributed by atoms with E-state index < -0.39 is 28.1 Å². The number of benzene rings is 1. The van der Waals surface area contributed by atoms with Gasteiger partial charge in [0.15, 0.2) is 11.5 Å². The predicted octanol–water partition coefficient (Wildman–Crippen LogP) is -0.205. The van der Waals surface area contributed by atoms with Crippen LogP contribution >= 0.6 is 0 Å². The fourth-order valence-corrected chi connectivity index (χ4v) is 4.02. The monoisotopic (exact) mass is 397 g/mol. The Balaban J connectivity index is 2.13. The Hall–Kier alpha value is -1.50. The van der Waals surface area contributed by atoms with Crippen molar-refractivity contribution in [1.29, 1.82) is 0 Å². The van der Waals surface area contributed by atoms with E-state index in [0.717, 1.165) is 17.7 Å². The Morgan fingerprint density at radius 2 is 1.77 bits per heavy atom. The molecule has 0 aromatic heterocycles. The number of ether oxygens (including phenoxy) is 1. The third-order valence-corrected chi connectivity index (χ3v) is 5.60. The van der Waals surface area contributed by atoms with Gasteiger partial charge in [0, 0.05) is 39.1 Å². The number of hydrogen-bond acceptors (Lipinski definition) is 6. The van der Waals surface area contributed by atoms with Crippen molar-refractivity contribution >= 4 is 22.3 Å². The summed E-state index contributed by atoms with van der Waals surface area (Å²) < 4.78 is 83.0. The van der Waals surface area contributed by atoms with Crippen LogP contribution in [0.15, 0.2) is 18.2 Å². The summed E-state index contributed by atoms with van der Waals surface area (Å²) in [7, 11) is -4.66. The summed E-state index contributed by atoms with van der Waals surface area (Å²) in [5.74, 6) is -0.692. The van der Waals surface area contributed by atoms with Crippen molar-refractivity contribution in [2.45, 2.75) is 18.3 Å². The van der Waals surface area contributed by atoms with Crippen molar-refractivity contribution in [1.82, 2.24) is 0 Å². The minimum Gasteiger partial charge on any atom is -0.509 e. The van der Waals surface area contributed by atoms with Gasteiger partial charge < -0.3 is 23.0 Å². The average Bonchev–Trinajstić information content (AvgIpc) is 2.60. The van der Waals surface area contributed by atoms with Gasteiger partial charge in [0.1, 0.15) is 0 Å². The summed E-state index contributed by atoms with van der Waals surface area (Å²) in [4.78, 5) is 0.907. The first kappa shape index (κ1) is 19.3. The molecule has 2 aliphatic heterocycles. The van der Waals surface area contributed by atoms with Crippen molar-refractivity contribution in [2.24, 2.45) is 0 Å². The fraction of sp³-hybridized carbons (Fsp3) is 0.571. The molecule has 0 radical (unpaired) electrons. The highest BCUT2D eigenvalue weighted by Gasteiger charge is 2.53. The highest BCUT2D eigenvalue weighted by molar-refractivity contribution is 7.88. The Morgan fingerprint density at radius 3 is 2.31 bits per heavy atom. The maximum absolute atomic E-state index is 12.8. The van der Waals surface area contributed by atoms with Gasteiger partial charge in [-0.2, -0.15) is 21.6 Å². The number of rotatable bonds is 4. The van der Waals surface area contributed by atoms with E-state index in [1.807, 2.05) is 0 Å². The molecule has 0 spiro atoms. The Labute approximate surface area is 149 Å². The van der Waals surface area contributed by atoms with Gasteiger partial charge in [-0.3, -0.25) is 0 Å². The average molecular weight is 397 g/mol. The van der Waals surface area contributed by atoms with Gasteiger partial charge in [0.2, 0.25) is 0 Å². The first-order valence-electron chi connectivity index (χ1n) is 8.16. The van der Waals surface area contributed by atoms with E-state index in [-0.39, 0.29) is 11.2 Å².